The minimum atomic E-state index is 0.717. The third-order valence-electron chi connectivity index (χ3n) is 4.41. The van der Waals surface area contributed by atoms with Gasteiger partial charge in [-0.05, 0) is 44.8 Å². The van der Waals surface area contributed by atoms with Crippen LogP contribution in [0.2, 0.25) is 0 Å². The highest BCUT2D eigenvalue weighted by Gasteiger charge is 2.23. The van der Waals surface area contributed by atoms with Crippen LogP contribution in [0.15, 0.2) is 0 Å². The molecule has 0 aromatic heterocycles. The lowest BCUT2D eigenvalue weighted by Gasteiger charge is -2.31. The highest BCUT2D eigenvalue weighted by atomic mass is 15.2. The van der Waals surface area contributed by atoms with Gasteiger partial charge in [0.25, 0.3) is 0 Å². The van der Waals surface area contributed by atoms with Crippen LogP contribution in [0, 0.1) is 18.3 Å². The zero-order valence-electron chi connectivity index (χ0n) is 11.7. The van der Waals surface area contributed by atoms with Crippen LogP contribution in [0.5, 0.6) is 0 Å². The molecule has 2 fully saturated rings. The molecule has 2 aliphatic rings. The lowest BCUT2D eigenvalue weighted by molar-refractivity contribution is 0.213. The summed E-state index contributed by atoms with van der Waals surface area (Å²) in [5.41, 5.74) is 0. The van der Waals surface area contributed by atoms with Crippen LogP contribution in [0.1, 0.15) is 26.2 Å². The Labute approximate surface area is 112 Å². The zero-order valence-corrected chi connectivity index (χ0v) is 11.7. The summed E-state index contributed by atoms with van der Waals surface area (Å²) in [5.74, 6) is 3.61. The minimum Gasteiger partial charge on any atom is -0.314 e. The van der Waals surface area contributed by atoms with Crippen LogP contribution in [-0.2, 0) is 0 Å². The Morgan fingerprint density at radius 3 is 2.50 bits per heavy atom. The number of nitrogens with one attached hydrogen (secondary N) is 1. The number of hydrogen-bond acceptors (Lipinski definition) is 3. The summed E-state index contributed by atoms with van der Waals surface area (Å²) in [6.45, 7) is 10.4. The third kappa shape index (κ3) is 3.98. The Balaban J connectivity index is 1.60. The highest BCUT2D eigenvalue weighted by molar-refractivity contribution is 4.90. The Bertz CT molecular complexity index is 276. The molecule has 0 saturated carbocycles. The van der Waals surface area contributed by atoms with Crippen molar-refractivity contribution in [2.45, 2.75) is 32.2 Å². The maximum Gasteiger partial charge on any atom is 0.0598 e. The molecule has 2 saturated heterocycles. The van der Waals surface area contributed by atoms with E-state index in [1.165, 1.54) is 45.4 Å². The van der Waals surface area contributed by atoms with E-state index < -0.39 is 0 Å². The van der Waals surface area contributed by atoms with Crippen LogP contribution >= 0.6 is 0 Å². The molecule has 0 amide bonds. The van der Waals surface area contributed by atoms with Gasteiger partial charge in [0, 0.05) is 25.7 Å². The first-order chi connectivity index (χ1) is 8.81. The molecule has 18 heavy (non-hydrogen) atoms. The van der Waals surface area contributed by atoms with Crippen molar-refractivity contribution in [1.82, 2.24) is 15.1 Å². The van der Waals surface area contributed by atoms with E-state index in [4.69, 9.17) is 6.42 Å². The van der Waals surface area contributed by atoms with Gasteiger partial charge in [0.05, 0.1) is 6.54 Å². The molecule has 102 valence electrons. The van der Waals surface area contributed by atoms with E-state index in [0.29, 0.717) is 0 Å². The van der Waals surface area contributed by atoms with Crippen LogP contribution < -0.4 is 5.32 Å². The van der Waals surface area contributed by atoms with Crippen molar-refractivity contribution in [3.8, 4) is 12.3 Å². The summed E-state index contributed by atoms with van der Waals surface area (Å²) in [4.78, 5) is 4.94. The van der Waals surface area contributed by atoms with Crippen molar-refractivity contribution in [3.63, 3.8) is 0 Å². The van der Waals surface area contributed by atoms with E-state index in [1.807, 2.05) is 0 Å². The minimum absolute atomic E-state index is 0.717. The van der Waals surface area contributed by atoms with Crippen molar-refractivity contribution in [2.24, 2.45) is 5.92 Å². The fourth-order valence-corrected chi connectivity index (χ4v) is 3.12. The first-order valence-corrected chi connectivity index (χ1v) is 7.43. The Morgan fingerprint density at radius 2 is 1.89 bits per heavy atom. The standard InChI is InChI=1S/C15H27N3/c1-3-8-18-10-6-15(7-11-18)16-12-14-5-9-17(4-2)13-14/h1,14-16H,4-13H2,2H3. The van der Waals surface area contributed by atoms with Crippen molar-refractivity contribution in [3.05, 3.63) is 0 Å². The SMILES string of the molecule is C#CCN1CCC(NCC2CCN(CC)C2)CC1. The van der Waals surface area contributed by atoms with Crippen molar-refractivity contribution < 1.29 is 0 Å². The monoisotopic (exact) mass is 249 g/mol. The van der Waals surface area contributed by atoms with Gasteiger partial charge in [0.2, 0.25) is 0 Å². The predicted octanol–water partition coefficient (Wildman–Crippen LogP) is 1.02. The first kappa shape index (κ1) is 13.9. The van der Waals surface area contributed by atoms with Crippen molar-refractivity contribution in [2.75, 3.05) is 45.8 Å². The molecule has 0 aromatic rings. The largest absolute Gasteiger partial charge is 0.314 e. The van der Waals surface area contributed by atoms with E-state index in [9.17, 15) is 0 Å². The maximum absolute atomic E-state index is 5.35. The molecule has 1 N–H and O–H groups in total. The van der Waals surface area contributed by atoms with E-state index in [-0.39, 0.29) is 0 Å². The average Bonchev–Trinajstić information content (AvgIpc) is 2.86. The number of piperidine rings is 1. The molecule has 2 heterocycles. The molecule has 0 aliphatic carbocycles. The molecule has 1 unspecified atom stereocenters. The normalized spacial score (nSPS) is 27.4. The summed E-state index contributed by atoms with van der Waals surface area (Å²) in [6, 6.07) is 0.717. The lowest BCUT2D eigenvalue weighted by Crippen LogP contribution is -2.44. The number of rotatable bonds is 5. The van der Waals surface area contributed by atoms with Gasteiger partial charge in [0.15, 0.2) is 0 Å². The molecule has 2 rings (SSSR count). The fraction of sp³-hybridized carbons (Fsp3) is 0.867. The van der Waals surface area contributed by atoms with E-state index in [2.05, 4.69) is 28.0 Å². The van der Waals surface area contributed by atoms with Gasteiger partial charge in [-0.3, -0.25) is 4.90 Å². The maximum atomic E-state index is 5.35. The van der Waals surface area contributed by atoms with Gasteiger partial charge in [0.1, 0.15) is 0 Å². The number of terminal acetylenes is 1. The second kappa shape index (κ2) is 7.13. The predicted molar refractivity (Wildman–Crippen MR) is 76.5 cm³/mol. The van der Waals surface area contributed by atoms with E-state index in [1.54, 1.807) is 0 Å². The van der Waals surface area contributed by atoms with Gasteiger partial charge in [-0.1, -0.05) is 12.8 Å². The lowest BCUT2D eigenvalue weighted by atomic mass is 10.0. The Morgan fingerprint density at radius 1 is 1.17 bits per heavy atom. The second-order valence-corrected chi connectivity index (χ2v) is 5.71. The molecular weight excluding hydrogens is 222 g/mol. The first-order valence-electron chi connectivity index (χ1n) is 7.43. The van der Waals surface area contributed by atoms with Gasteiger partial charge < -0.3 is 10.2 Å². The van der Waals surface area contributed by atoms with Crippen LogP contribution in [0.3, 0.4) is 0 Å². The number of hydrogen-bond donors (Lipinski definition) is 1. The molecular formula is C15H27N3. The Hall–Kier alpha value is -0.560. The smallest absolute Gasteiger partial charge is 0.0598 e. The molecule has 0 radical (unpaired) electrons. The molecule has 2 aliphatic heterocycles. The summed E-state index contributed by atoms with van der Waals surface area (Å²) in [5, 5.41) is 3.77. The second-order valence-electron chi connectivity index (χ2n) is 5.71. The summed E-state index contributed by atoms with van der Waals surface area (Å²) >= 11 is 0. The molecule has 0 aromatic carbocycles. The van der Waals surface area contributed by atoms with Crippen molar-refractivity contribution >= 4 is 0 Å². The number of likely N-dealkylation sites (tertiary alicyclic amines) is 2. The third-order valence-corrected chi connectivity index (χ3v) is 4.41. The molecule has 3 heteroatoms. The van der Waals surface area contributed by atoms with Gasteiger partial charge in [-0.15, -0.1) is 6.42 Å². The van der Waals surface area contributed by atoms with Crippen LogP contribution in [0.4, 0.5) is 0 Å². The Kier molecular flexibility index (Phi) is 5.49. The number of nitrogens with zero attached hydrogens (tertiary/aromatic N) is 2. The topological polar surface area (TPSA) is 18.5 Å². The van der Waals surface area contributed by atoms with E-state index >= 15 is 0 Å². The van der Waals surface area contributed by atoms with Crippen molar-refractivity contribution in [1.29, 1.82) is 0 Å². The zero-order chi connectivity index (χ0) is 12.8. The van der Waals surface area contributed by atoms with E-state index in [0.717, 1.165) is 31.6 Å². The van der Waals surface area contributed by atoms with Gasteiger partial charge in [-0.25, -0.2) is 0 Å². The van der Waals surface area contributed by atoms with Crippen LogP contribution in [-0.4, -0.2) is 61.7 Å². The molecule has 1 atom stereocenters. The molecule has 3 nitrogen and oxygen atoms in total. The summed E-state index contributed by atoms with van der Waals surface area (Å²) in [7, 11) is 0. The van der Waals surface area contributed by atoms with Gasteiger partial charge >= 0.3 is 0 Å². The van der Waals surface area contributed by atoms with Crippen LogP contribution in [0.25, 0.3) is 0 Å². The highest BCUT2D eigenvalue weighted by Crippen LogP contribution is 2.16. The van der Waals surface area contributed by atoms with Gasteiger partial charge in [-0.2, -0.15) is 0 Å². The quantitative estimate of drug-likeness (QED) is 0.734. The summed E-state index contributed by atoms with van der Waals surface area (Å²) < 4.78 is 0. The summed E-state index contributed by atoms with van der Waals surface area (Å²) in [6.07, 6.45) is 9.23. The molecule has 0 bridgehead atoms. The average molecular weight is 249 g/mol. The fourth-order valence-electron chi connectivity index (χ4n) is 3.12. The molecule has 0 spiro atoms.